The van der Waals surface area contributed by atoms with Crippen LogP contribution in [0.3, 0.4) is 0 Å². The van der Waals surface area contributed by atoms with Crippen LogP contribution in [0.5, 0.6) is 0 Å². The van der Waals surface area contributed by atoms with E-state index in [1.807, 2.05) is 0 Å². The van der Waals surface area contributed by atoms with E-state index in [1.165, 1.54) is 6.92 Å². The van der Waals surface area contributed by atoms with E-state index in [9.17, 15) is 55.5 Å². The molecule has 15 atom stereocenters. The third kappa shape index (κ3) is 5.42. The van der Waals surface area contributed by atoms with E-state index in [0.717, 1.165) is 0 Å². The Labute approximate surface area is 196 Å². The van der Waals surface area contributed by atoms with Gasteiger partial charge in [-0.1, -0.05) is 0 Å². The standard InChI is InChI=1S/C18H28O17/c1-2-3(19)5(21)13(16(30)31-2)35-18-9(25)10(8(24)12(34-18)15(28)29)32-17-7(23)4(20)6(22)11(33-17)14(26)27/h2-13,16-25,30H,1H3,(H,26,27)(H,28,29)/t2-,3-,4-,5+,6-,7+,8-,9+,10-,11-,12-,13+,16?,17?,18?/m0/s1. The molecule has 3 heterocycles. The van der Waals surface area contributed by atoms with Crippen LogP contribution in [0, 0.1) is 0 Å². The summed E-state index contributed by atoms with van der Waals surface area (Å²) in [5, 5.41) is 99.7. The van der Waals surface area contributed by atoms with E-state index >= 15 is 0 Å². The monoisotopic (exact) mass is 516 g/mol. The summed E-state index contributed by atoms with van der Waals surface area (Å²) in [7, 11) is 0. The third-order valence-electron chi connectivity index (χ3n) is 5.98. The van der Waals surface area contributed by atoms with Crippen LogP contribution in [0.4, 0.5) is 0 Å². The lowest BCUT2D eigenvalue weighted by Crippen LogP contribution is -2.67. The molecule has 0 bridgehead atoms. The number of aliphatic hydroxyl groups is 8. The van der Waals surface area contributed by atoms with Gasteiger partial charge in [0, 0.05) is 0 Å². The maximum Gasteiger partial charge on any atom is 0.335 e. The number of aliphatic carboxylic acids is 2. The smallest absolute Gasteiger partial charge is 0.335 e. The Hall–Kier alpha value is -1.58. The van der Waals surface area contributed by atoms with Crippen LogP contribution >= 0.6 is 0 Å². The Morgan fingerprint density at radius 2 is 1.06 bits per heavy atom. The fourth-order valence-corrected chi connectivity index (χ4v) is 3.95. The molecular weight excluding hydrogens is 488 g/mol. The van der Waals surface area contributed by atoms with E-state index in [4.69, 9.17) is 28.8 Å². The van der Waals surface area contributed by atoms with Gasteiger partial charge < -0.3 is 74.7 Å². The van der Waals surface area contributed by atoms with Gasteiger partial charge in [0.15, 0.2) is 31.1 Å². The first-order valence-corrected chi connectivity index (χ1v) is 10.4. The maximum atomic E-state index is 11.6. The summed E-state index contributed by atoms with van der Waals surface area (Å²) in [6.45, 7) is 1.34. The van der Waals surface area contributed by atoms with Crippen LogP contribution < -0.4 is 0 Å². The van der Waals surface area contributed by atoms with Crippen molar-refractivity contribution in [2.24, 2.45) is 0 Å². The molecule has 0 aromatic rings. The number of carboxylic acid groups (broad SMARTS) is 2. The van der Waals surface area contributed by atoms with Crippen molar-refractivity contribution in [1.29, 1.82) is 0 Å². The fraction of sp³-hybridized carbons (Fsp3) is 0.889. The number of aliphatic hydroxyl groups excluding tert-OH is 8. The van der Waals surface area contributed by atoms with Gasteiger partial charge in [0.05, 0.1) is 6.10 Å². The highest BCUT2D eigenvalue weighted by Crippen LogP contribution is 2.32. The lowest BCUT2D eigenvalue weighted by Gasteiger charge is -2.46. The van der Waals surface area contributed by atoms with Crippen molar-refractivity contribution in [3.8, 4) is 0 Å². The predicted molar refractivity (Wildman–Crippen MR) is 101 cm³/mol. The number of carbonyl (C=O) groups is 2. The van der Waals surface area contributed by atoms with Crippen LogP contribution in [-0.4, -0.2) is 155 Å². The van der Waals surface area contributed by atoms with Gasteiger partial charge in [-0.05, 0) is 6.92 Å². The topological polar surface area (TPSA) is 283 Å². The lowest BCUT2D eigenvalue weighted by molar-refractivity contribution is -0.375. The first kappa shape index (κ1) is 28.0. The molecule has 3 rings (SSSR count). The van der Waals surface area contributed by atoms with Crippen molar-refractivity contribution < 1.29 is 84.3 Å². The van der Waals surface area contributed by atoms with E-state index < -0.39 is 104 Å². The number of hydrogen-bond acceptors (Lipinski definition) is 15. The fourth-order valence-electron chi connectivity index (χ4n) is 3.95. The Morgan fingerprint density at radius 3 is 1.60 bits per heavy atom. The van der Waals surface area contributed by atoms with Gasteiger partial charge in [-0.2, -0.15) is 0 Å². The lowest BCUT2D eigenvalue weighted by atomic mass is 9.96. The van der Waals surface area contributed by atoms with Crippen molar-refractivity contribution in [1.82, 2.24) is 0 Å². The van der Waals surface area contributed by atoms with E-state index in [0.29, 0.717) is 0 Å². The quantitative estimate of drug-likeness (QED) is 0.157. The molecule has 0 aliphatic carbocycles. The summed E-state index contributed by atoms with van der Waals surface area (Å²) in [4.78, 5) is 22.9. The van der Waals surface area contributed by atoms with Gasteiger partial charge in [-0.3, -0.25) is 0 Å². The van der Waals surface area contributed by atoms with Gasteiger partial charge in [-0.15, -0.1) is 0 Å². The molecule has 3 unspecified atom stereocenters. The minimum atomic E-state index is -2.17. The average molecular weight is 516 g/mol. The Balaban J connectivity index is 1.82. The summed E-state index contributed by atoms with van der Waals surface area (Å²) in [5.41, 5.74) is 0. The van der Waals surface area contributed by atoms with Crippen LogP contribution in [0.1, 0.15) is 6.92 Å². The molecule has 0 radical (unpaired) electrons. The average Bonchev–Trinajstić information content (AvgIpc) is 2.78. The van der Waals surface area contributed by atoms with Crippen molar-refractivity contribution in [2.75, 3.05) is 0 Å². The zero-order valence-electron chi connectivity index (χ0n) is 18.0. The number of hydrogen-bond donors (Lipinski definition) is 10. The molecule has 3 aliphatic heterocycles. The van der Waals surface area contributed by atoms with Crippen molar-refractivity contribution in [2.45, 2.75) is 99.0 Å². The second-order valence-corrected chi connectivity index (χ2v) is 8.39. The van der Waals surface area contributed by atoms with E-state index in [-0.39, 0.29) is 0 Å². The van der Waals surface area contributed by atoms with Crippen LogP contribution in [0.25, 0.3) is 0 Å². The molecule has 17 heteroatoms. The molecule has 0 spiro atoms. The summed E-state index contributed by atoms with van der Waals surface area (Å²) < 4.78 is 25.4. The summed E-state index contributed by atoms with van der Waals surface area (Å²) in [6, 6.07) is 0. The molecule has 0 amide bonds. The van der Waals surface area contributed by atoms with Crippen LogP contribution in [0.2, 0.25) is 0 Å². The molecule has 202 valence electrons. The van der Waals surface area contributed by atoms with Crippen molar-refractivity contribution in [3.63, 3.8) is 0 Å². The maximum absolute atomic E-state index is 11.6. The third-order valence-corrected chi connectivity index (χ3v) is 5.98. The van der Waals surface area contributed by atoms with Crippen LogP contribution in [-0.2, 0) is 33.3 Å². The zero-order valence-corrected chi connectivity index (χ0v) is 18.0. The molecule has 3 aliphatic rings. The second-order valence-electron chi connectivity index (χ2n) is 8.39. The highest BCUT2D eigenvalue weighted by molar-refractivity contribution is 5.74. The molecule has 3 fully saturated rings. The Bertz CT molecular complexity index is 765. The van der Waals surface area contributed by atoms with E-state index in [2.05, 4.69) is 0 Å². The molecule has 0 aromatic carbocycles. The second kappa shape index (κ2) is 10.8. The Morgan fingerprint density at radius 1 is 0.571 bits per heavy atom. The molecule has 0 saturated carbocycles. The first-order chi connectivity index (χ1) is 16.3. The van der Waals surface area contributed by atoms with Crippen LogP contribution in [0.15, 0.2) is 0 Å². The van der Waals surface area contributed by atoms with Crippen molar-refractivity contribution in [3.05, 3.63) is 0 Å². The largest absolute Gasteiger partial charge is 0.479 e. The molecule has 35 heavy (non-hydrogen) atoms. The summed E-state index contributed by atoms with van der Waals surface area (Å²) in [5.74, 6) is -3.52. The molecule has 3 saturated heterocycles. The molecular formula is C18H28O17. The minimum Gasteiger partial charge on any atom is -0.479 e. The van der Waals surface area contributed by atoms with E-state index in [1.54, 1.807) is 0 Å². The SMILES string of the molecule is C[C@@H]1OC(O)[C@H](OC2O[C@H](C(=O)O)[C@@H](O)[C@H](OC3O[C@H](C(=O)O)[C@@H](O)[C@H](O)[C@H]3O)[C@H]2O)[C@H](O)[C@H]1O. The van der Waals surface area contributed by atoms with Gasteiger partial charge in [0.1, 0.15) is 54.9 Å². The number of rotatable bonds is 6. The minimum absolute atomic E-state index is 1.02. The number of ether oxygens (including phenoxy) is 5. The molecule has 10 N–H and O–H groups in total. The van der Waals surface area contributed by atoms with Gasteiger partial charge in [0.2, 0.25) is 0 Å². The highest BCUT2D eigenvalue weighted by Gasteiger charge is 2.55. The van der Waals surface area contributed by atoms with Crippen molar-refractivity contribution >= 4 is 11.9 Å². The van der Waals surface area contributed by atoms with Gasteiger partial charge in [-0.25, -0.2) is 9.59 Å². The summed E-state index contributed by atoms with van der Waals surface area (Å²) >= 11 is 0. The normalized spacial score (nSPS) is 51.1. The summed E-state index contributed by atoms with van der Waals surface area (Å²) in [6.07, 6.45) is -29.0. The van der Waals surface area contributed by atoms with Gasteiger partial charge >= 0.3 is 11.9 Å². The molecule has 0 aromatic heterocycles. The number of carboxylic acids is 2. The molecule has 17 nitrogen and oxygen atoms in total. The first-order valence-electron chi connectivity index (χ1n) is 10.4. The zero-order chi connectivity index (χ0) is 26.4. The van der Waals surface area contributed by atoms with Gasteiger partial charge in [0.25, 0.3) is 0 Å². The predicted octanol–water partition coefficient (Wildman–Crippen LogP) is -6.36. The highest BCUT2D eigenvalue weighted by atomic mass is 16.8. The Kier molecular flexibility index (Phi) is 8.65.